The van der Waals surface area contributed by atoms with Crippen LogP contribution < -0.4 is 4.74 Å². The molecule has 26 heavy (non-hydrogen) atoms. The minimum atomic E-state index is -1.13. The summed E-state index contributed by atoms with van der Waals surface area (Å²) in [5.41, 5.74) is 0.578. The third-order valence-corrected chi connectivity index (χ3v) is 6.31. The van der Waals surface area contributed by atoms with Gasteiger partial charge in [0, 0.05) is 16.4 Å². The number of carbonyl (C=O) groups is 2. The summed E-state index contributed by atoms with van der Waals surface area (Å²) >= 11 is 12.7. The van der Waals surface area contributed by atoms with Crippen LogP contribution in [0.2, 0.25) is 10.0 Å². The summed E-state index contributed by atoms with van der Waals surface area (Å²) in [5, 5.41) is 9.03. The molecule has 136 valence electrons. The van der Waals surface area contributed by atoms with Gasteiger partial charge in [-0.05, 0) is 17.2 Å². The van der Waals surface area contributed by atoms with Crippen LogP contribution in [0.3, 0.4) is 0 Å². The van der Waals surface area contributed by atoms with Crippen molar-refractivity contribution in [2.75, 3.05) is 6.61 Å². The number of benzene rings is 2. The quantitative estimate of drug-likeness (QED) is 0.795. The van der Waals surface area contributed by atoms with E-state index < -0.39 is 23.4 Å². The van der Waals surface area contributed by atoms with Crippen LogP contribution in [-0.2, 0) is 10.2 Å². The molecule has 0 amide bonds. The first kappa shape index (κ1) is 18.7. The minimum absolute atomic E-state index is 0.0492. The number of carboxylic acids is 1. The largest absolute Gasteiger partial charge is 0.480 e. The van der Waals surface area contributed by atoms with Gasteiger partial charge in [0.25, 0.3) is 0 Å². The van der Waals surface area contributed by atoms with E-state index in [4.69, 9.17) is 33.0 Å². The summed E-state index contributed by atoms with van der Waals surface area (Å²) in [6.45, 7) is 5.19. The van der Waals surface area contributed by atoms with Crippen molar-refractivity contribution < 1.29 is 19.4 Å². The zero-order chi connectivity index (χ0) is 19.3. The van der Waals surface area contributed by atoms with Crippen LogP contribution in [0, 0.1) is 5.41 Å². The van der Waals surface area contributed by atoms with Crippen LogP contribution >= 0.6 is 23.2 Å². The van der Waals surface area contributed by atoms with E-state index in [2.05, 4.69) is 0 Å². The smallest absolute Gasteiger partial charge is 0.341 e. The van der Waals surface area contributed by atoms with Gasteiger partial charge in [0.15, 0.2) is 12.4 Å². The Labute approximate surface area is 161 Å². The molecule has 2 aromatic carbocycles. The van der Waals surface area contributed by atoms with E-state index in [0.717, 1.165) is 5.56 Å². The Kier molecular flexibility index (Phi) is 4.53. The van der Waals surface area contributed by atoms with E-state index in [9.17, 15) is 9.59 Å². The second kappa shape index (κ2) is 6.29. The second-order valence-electron chi connectivity index (χ2n) is 7.05. The maximum Gasteiger partial charge on any atom is 0.341 e. The summed E-state index contributed by atoms with van der Waals surface area (Å²) in [6.07, 6.45) is 0. The van der Waals surface area contributed by atoms with Gasteiger partial charge in [-0.25, -0.2) is 4.79 Å². The molecule has 0 aromatic heterocycles. The first-order valence-electron chi connectivity index (χ1n) is 8.09. The van der Waals surface area contributed by atoms with Crippen molar-refractivity contribution >= 4 is 35.0 Å². The molecule has 0 aliphatic heterocycles. The molecule has 1 atom stereocenters. The van der Waals surface area contributed by atoms with Gasteiger partial charge in [0.1, 0.15) is 10.8 Å². The van der Waals surface area contributed by atoms with E-state index in [1.165, 1.54) is 0 Å². The lowest BCUT2D eigenvalue weighted by atomic mass is 9.63. The summed E-state index contributed by atoms with van der Waals surface area (Å²) in [6, 6.07) is 11.3. The number of hydrogen-bond acceptors (Lipinski definition) is 3. The van der Waals surface area contributed by atoms with Crippen LogP contribution in [0.15, 0.2) is 36.4 Å². The molecule has 1 unspecified atom stereocenters. The maximum atomic E-state index is 13.2. The number of hydrogen-bond donors (Lipinski definition) is 1. The molecule has 2 aromatic rings. The van der Waals surface area contributed by atoms with Crippen molar-refractivity contribution in [1.29, 1.82) is 0 Å². The number of aliphatic carboxylic acids is 1. The van der Waals surface area contributed by atoms with Gasteiger partial charge in [-0.1, -0.05) is 74.3 Å². The Morgan fingerprint density at radius 2 is 1.73 bits per heavy atom. The van der Waals surface area contributed by atoms with E-state index >= 15 is 0 Å². The lowest BCUT2D eigenvalue weighted by Gasteiger charge is -2.38. The maximum absolute atomic E-state index is 13.2. The van der Waals surface area contributed by atoms with Crippen molar-refractivity contribution in [3.63, 3.8) is 0 Å². The van der Waals surface area contributed by atoms with E-state index in [1.807, 2.05) is 51.1 Å². The lowest BCUT2D eigenvalue weighted by molar-refractivity contribution is -0.139. The molecule has 1 aliphatic rings. The van der Waals surface area contributed by atoms with Gasteiger partial charge in [-0.3, -0.25) is 4.79 Å². The Hall–Kier alpha value is -2.04. The molecular weight excluding hydrogens is 375 g/mol. The number of ketones is 1. The number of rotatable bonds is 4. The van der Waals surface area contributed by atoms with Crippen molar-refractivity contribution in [2.45, 2.75) is 26.2 Å². The molecule has 0 saturated carbocycles. The number of Topliss-reactive ketones (excluding diaryl/α,β-unsaturated/α-hetero) is 1. The Balaban J connectivity index is 2.29. The van der Waals surface area contributed by atoms with Crippen molar-refractivity contribution in [3.8, 4) is 5.75 Å². The standard InChI is InChI=1S/C20H18Cl2O4/c1-19(2)18(25)15-12(20(19,3)11-7-5-4-6-8-11)9-13(16(21)17(15)22)26-10-14(23)24/h4-9H,10H2,1-3H3,(H,23,24). The van der Waals surface area contributed by atoms with Crippen LogP contribution in [0.25, 0.3) is 0 Å². The first-order valence-corrected chi connectivity index (χ1v) is 8.85. The fourth-order valence-electron chi connectivity index (χ4n) is 3.63. The molecule has 0 radical (unpaired) electrons. The molecule has 3 rings (SSSR count). The SMILES string of the molecule is CC1(C)C(=O)c2c(cc(OCC(=O)O)c(Cl)c2Cl)C1(C)c1ccccc1. The van der Waals surface area contributed by atoms with Gasteiger partial charge >= 0.3 is 5.97 Å². The zero-order valence-electron chi connectivity index (χ0n) is 14.6. The average Bonchev–Trinajstić information content (AvgIpc) is 2.76. The fraction of sp³-hybridized carbons (Fsp3) is 0.300. The van der Waals surface area contributed by atoms with Crippen LogP contribution in [0.4, 0.5) is 0 Å². The third kappa shape index (κ3) is 2.51. The predicted molar refractivity (Wildman–Crippen MR) is 101 cm³/mol. The third-order valence-electron chi connectivity index (χ3n) is 5.46. The van der Waals surface area contributed by atoms with Crippen molar-refractivity contribution in [1.82, 2.24) is 0 Å². The Morgan fingerprint density at radius 3 is 2.31 bits per heavy atom. The minimum Gasteiger partial charge on any atom is -0.480 e. The van der Waals surface area contributed by atoms with Crippen molar-refractivity contribution in [3.05, 3.63) is 63.1 Å². The molecule has 0 spiro atoms. The van der Waals surface area contributed by atoms with E-state index in [-0.39, 0.29) is 21.6 Å². The molecule has 0 bridgehead atoms. The number of carbonyl (C=O) groups excluding carboxylic acids is 1. The molecular formula is C20H18Cl2O4. The highest BCUT2D eigenvalue weighted by Gasteiger charge is 2.57. The molecule has 4 nitrogen and oxygen atoms in total. The van der Waals surface area contributed by atoms with Crippen LogP contribution in [0.5, 0.6) is 5.75 Å². The highest BCUT2D eigenvalue weighted by Crippen LogP contribution is 2.58. The highest BCUT2D eigenvalue weighted by atomic mass is 35.5. The van der Waals surface area contributed by atoms with Gasteiger partial charge < -0.3 is 9.84 Å². The average molecular weight is 393 g/mol. The first-order chi connectivity index (χ1) is 12.1. The van der Waals surface area contributed by atoms with Crippen LogP contribution in [0.1, 0.15) is 42.3 Å². The monoisotopic (exact) mass is 392 g/mol. The van der Waals surface area contributed by atoms with Gasteiger partial charge in [0.05, 0.1) is 5.02 Å². The zero-order valence-corrected chi connectivity index (χ0v) is 16.1. The molecule has 1 N–H and O–H groups in total. The summed E-state index contributed by atoms with van der Waals surface area (Å²) < 4.78 is 5.31. The number of halogens is 2. The number of carboxylic acid groups (broad SMARTS) is 1. The summed E-state index contributed by atoms with van der Waals surface area (Å²) in [4.78, 5) is 24.0. The molecule has 6 heteroatoms. The normalized spacial score (nSPS) is 20.7. The topological polar surface area (TPSA) is 63.6 Å². The van der Waals surface area contributed by atoms with Crippen molar-refractivity contribution in [2.24, 2.45) is 5.41 Å². The van der Waals surface area contributed by atoms with Gasteiger partial charge in [0.2, 0.25) is 0 Å². The van der Waals surface area contributed by atoms with Crippen LogP contribution in [-0.4, -0.2) is 23.5 Å². The molecule has 0 saturated heterocycles. The highest BCUT2D eigenvalue weighted by molar-refractivity contribution is 6.45. The molecule has 0 heterocycles. The Bertz CT molecular complexity index is 906. The predicted octanol–water partition coefficient (Wildman–Crippen LogP) is 4.99. The number of ether oxygens (including phenoxy) is 1. The number of fused-ring (bicyclic) bond motifs is 1. The van der Waals surface area contributed by atoms with E-state index in [1.54, 1.807) is 6.07 Å². The van der Waals surface area contributed by atoms with Gasteiger partial charge in [-0.2, -0.15) is 0 Å². The molecule has 0 fully saturated rings. The summed E-state index contributed by atoms with van der Waals surface area (Å²) in [7, 11) is 0. The summed E-state index contributed by atoms with van der Waals surface area (Å²) in [5.74, 6) is -1.07. The second-order valence-corrected chi connectivity index (χ2v) is 7.81. The fourth-order valence-corrected chi connectivity index (χ4v) is 4.11. The Morgan fingerprint density at radius 1 is 1.12 bits per heavy atom. The molecule has 1 aliphatic carbocycles. The van der Waals surface area contributed by atoms with E-state index in [0.29, 0.717) is 11.1 Å². The van der Waals surface area contributed by atoms with Gasteiger partial charge in [-0.15, -0.1) is 0 Å². The lowest BCUT2D eigenvalue weighted by Crippen LogP contribution is -2.39.